The normalized spacial score (nSPS) is 27.7. The van der Waals surface area contributed by atoms with Crippen molar-refractivity contribution < 1.29 is 14.3 Å². The first-order chi connectivity index (χ1) is 12.1. The van der Waals surface area contributed by atoms with Gasteiger partial charge in [-0.25, -0.2) is 0 Å². The molecule has 2 N–H and O–H groups in total. The van der Waals surface area contributed by atoms with Crippen LogP contribution in [-0.4, -0.2) is 31.3 Å². The summed E-state index contributed by atoms with van der Waals surface area (Å²) in [5.74, 6) is -0.151. The Morgan fingerprint density at radius 1 is 1.00 bits per heavy atom. The van der Waals surface area contributed by atoms with Gasteiger partial charge < -0.3 is 15.2 Å². The zero-order valence-electron chi connectivity index (χ0n) is 14.5. The number of nitrogens with two attached hydrogens (primary N) is 1. The number of benzene rings is 2. The Labute approximate surface area is 148 Å². The average Bonchev–Trinajstić information content (AvgIpc) is 2.67. The third kappa shape index (κ3) is 4.47. The maximum absolute atomic E-state index is 12.1. The van der Waals surface area contributed by atoms with Crippen molar-refractivity contribution in [3.63, 3.8) is 0 Å². The van der Waals surface area contributed by atoms with Gasteiger partial charge in [0.25, 0.3) is 0 Å². The van der Waals surface area contributed by atoms with E-state index >= 15 is 0 Å². The molecule has 1 saturated heterocycles. The van der Waals surface area contributed by atoms with Gasteiger partial charge in [0.15, 0.2) is 0 Å². The number of rotatable bonds is 3. The molecule has 0 aliphatic carbocycles. The van der Waals surface area contributed by atoms with Crippen molar-refractivity contribution in [2.24, 2.45) is 11.7 Å². The third-order valence-electron chi connectivity index (χ3n) is 4.77. The minimum atomic E-state index is -0.727. The monoisotopic (exact) mass is 339 g/mol. The van der Waals surface area contributed by atoms with Crippen LogP contribution in [-0.2, 0) is 20.7 Å². The minimum Gasteiger partial charge on any atom is -0.461 e. The second-order valence-electron chi connectivity index (χ2n) is 6.67. The lowest BCUT2D eigenvalue weighted by molar-refractivity contribution is -0.151. The van der Waals surface area contributed by atoms with E-state index in [-0.39, 0.29) is 24.5 Å². The van der Waals surface area contributed by atoms with E-state index in [4.69, 9.17) is 15.2 Å². The second kappa shape index (κ2) is 8.28. The minimum absolute atomic E-state index is 0.0515. The standard InChI is InChI=1S/C21H25NO3/c1-15-20(17-10-6-3-7-11-17)18(12-16-8-4-2-5-9-16)13-24-14-19(22)21(23)25-15/h2-11,15,18-20H,12-14,22H2,1H3/t15-,18-,19-,20+/m0/s1. The third-order valence-corrected chi connectivity index (χ3v) is 4.77. The Morgan fingerprint density at radius 2 is 1.64 bits per heavy atom. The van der Waals surface area contributed by atoms with E-state index in [1.807, 2.05) is 43.3 Å². The molecule has 2 aromatic carbocycles. The molecule has 1 aliphatic heterocycles. The smallest absolute Gasteiger partial charge is 0.325 e. The van der Waals surface area contributed by atoms with Crippen molar-refractivity contribution in [1.29, 1.82) is 0 Å². The number of carbonyl (C=O) groups excluding carboxylic acids is 1. The number of ether oxygens (including phenoxy) is 2. The molecule has 1 heterocycles. The summed E-state index contributed by atoms with van der Waals surface area (Å²) in [4.78, 5) is 12.1. The van der Waals surface area contributed by atoms with Gasteiger partial charge in [-0.2, -0.15) is 0 Å². The number of hydrogen-bond donors (Lipinski definition) is 1. The highest BCUT2D eigenvalue weighted by atomic mass is 16.5. The number of esters is 1. The van der Waals surface area contributed by atoms with Gasteiger partial charge in [-0.15, -0.1) is 0 Å². The van der Waals surface area contributed by atoms with Crippen molar-refractivity contribution in [2.75, 3.05) is 13.2 Å². The van der Waals surface area contributed by atoms with Gasteiger partial charge in [-0.3, -0.25) is 4.79 Å². The summed E-state index contributed by atoms with van der Waals surface area (Å²) in [5.41, 5.74) is 8.27. The molecule has 4 heteroatoms. The van der Waals surface area contributed by atoms with E-state index in [1.54, 1.807) is 0 Å². The Bertz CT molecular complexity index is 674. The second-order valence-corrected chi connectivity index (χ2v) is 6.67. The van der Waals surface area contributed by atoms with E-state index in [0.717, 1.165) is 12.0 Å². The molecule has 0 spiro atoms. The fourth-order valence-electron chi connectivity index (χ4n) is 3.57. The highest BCUT2D eigenvalue weighted by molar-refractivity contribution is 5.75. The van der Waals surface area contributed by atoms with E-state index in [9.17, 15) is 4.79 Å². The molecule has 0 unspecified atom stereocenters. The van der Waals surface area contributed by atoms with E-state index in [1.165, 1.54) is 5.56 Å². The fourth-order valence-corrected chi connectivity index (χ4v) is 3.57. The van der Waals surface area contributed by atoms with Crippen molar-refractivity contribution in [2.45, 2.75) is 31.4 Å². The van der Waals surface area contributed by atoms with Crippen LogP contribution in [0, 0.1) is 5.92 Å². The van der Waals surface area contributed by atoms with Crippen LogP contribution < -0.4 is 5.73 Å². The van der Waals surface area contributed by atoms with Crippen LogP contribution in [0.25, 0.3) is 0 Å². The van der Waals surface area contributed by atoms with Gasteiger partial charge in [0.2, 0.25) is 0 Å². The predicted molar refractivity (Wildman–Crippen MR) is 97.2 cm³/mol. The first kappa shape index (κ1) is 17.6. The van der Waals surface area contributed by atoms with Gasteiger partial charge in [-0.05, 0) is 30.4 Å². The molecular weight excluding hydrogens is 314 g/mol. The van der Waals surface area contributed by atoms with Crippen molar-refractivity contribution in [3.8, 4) is 0 Å². The molecule has 3 rings (SSSR count). The van der Waals surface area contributed by atoms with Crippen LogP contribution in [0.1, 0.15) is 24.0 Å². The quantitative estimate of drug-likeness (QED) is 0.874. The summed E-state index contributed by atoms with van der Waals surface area (Å²) in [6.07, 6.45) is 0.591. The Kier molecular flexibility index (Phi) is 5.84. The maximum atomic E-state index is 12.1. The highest BCUT2D eigenvalue weighted by Gasteiger charge is 2.34. The van der Waals surface area contributed by atoms with Gasteiger partial charge in [0, 0.05) is 5.92 Å². The summed E-state index contributed by atoms with van der Waals surface area (Å²) < 4.78 is 11.5. The van der Waals surface area contributed by atoms with Gasteiger partial charge >= 0.3 is 5.97 Å². The lowest BCUT2D eigenvalue weighted by atomic mass is 9.79. The number of hydrogen-bond acceptors (Lipinski definition) is 4. The van der Waals surface area contributed by atoms with E-state index in [0.29, 0.717) is 6.61 Å². The Balaban J connectivity index is 1.92. The zero-order valence-corrected chi connectivity index (χ0v) is 14.5. The SMILES string of the molecule is C[C@@H]1OC(=O)[C@@H](N)COC[C@H](Cc2ccccc2)[C@H]1c1ccccc1. The van der Waals surface area contributed by atoms with Gasteiger partial charge in [-0.1, -0.05) is 60.7 Å². The van der Waals surface area contributed by atoms with Crippen molar-refractivity contribution in [1.82, 2.24) is 0 Å². The molecule has 0 aromatic heterocycles. The summed E-state index contributed by atoms with van der Waals surface area (Å²) in [6, 6.07) is 19.8. The molecule has 25 heavy (non-hydrogen) atoms. The first-order valence-corrected chi connectivity index (χ1v) is 8.78. The fraction of sp³-hybridized carbons (Fsp3) is 0.381. The summed E-state index contributed by atoms with van der Waals surface area (Å²) in [5, 5.41) is 0. The van der Waals surface area contributed by atoms with E-state index < -0.39 is 12.0 Å². The molecular formula is C21H25NO3. The van der Waals surface area contributed by atoms with Crippen LogP contribution in [0.15, 0.2) is 60.7 Å². The van der Waals surface area contributed by atoms with Crippen LogP contribution >= 0.6 is 0 Å². The van der Waals surface area contributed by atoms with Crippen molar-refractivity contribution in [3.05, 3.63) is 71.8 Å². The molecule has 2 aromatic rings. The molecule has 0 amide bonds. The lowest BCUT2D eigenvalue weighted by Crippen LogP contribution is -2.38. The van der Waals surface area contributed by atoms with E-state index in [2.05, 4.69) is 24.3 Å². The summed E-state index contributed by atoms with van der Waals surface area (Å²) >= 11 is 0. The molecule has 4 nitrogen and oxygen atoms in total. The first-order valence-electron chi connectivity index (χ1n) is 8.78. The average molecular weight is 339 g/mol. The van der Waals surface area contributed by atoms with Crippen LogP contribution in [0.3, 0.4) is 0 Å². The summed E-state index contributed by atoms with van der Waals surface area (Å²) in [6.45, 7) is 2.69. The number of carbonyl (C=O) groups is 1. The number of cyclic esters (lactones) is 1. The highest BCUT2D eigenvalue weighted by Crippen LogP contribution is 2.33. The zero-order chi connectivity index (χ0) is 17.6. The molecule has 4 atom stereocenters. The van der Waals surface area contributed by atoms with Gasteiger partial charge in [0.05, 0.1) is 13.2 Å². The Morgan fingerprint density at radius 3 is 2.32 bits per heavy atom. The summed E-state index contributed by atoms with van der Waals surface area (Å²) in [7, 11) is 0. The molecule has 1 aliphatic rings. The lowest BCUT2D eigenvalue weighted by Gasteiger charge is -2.31. The van der Waals surface area contributed by atoms with Crippen LogP contribution in [0.4, 0.5) is 0 Å². The predicted octanol–water partition coefficient (Wildman–Crippen LogP) is 2.92. The largest absolute Gasteiger partial charge is 0.461 e. The maximum Gasteiger partial charge on any atom is 0.325 e. The molecule has 132 valence electrons. The molecule has 1 fully saturated rings. The molecule has 0 radical (unpaired) electrons. The Hall–Kier alpha value is -2.17. The topological polar surface area (TPSA) is 61.5 Å². The van der Waals surface area contributed by atoms with Gasteiger partial charge in [0.1, 0.15) is 12.1 Å². The van der Waals surface area contributed by atoms with Crippen LogP contribution in [0.5, 0.6) is 0 Å². The van der Waals surface area contributed by atoms with Crippen molar-refractivity contribution >= 4 is 5.97 Å². The van der Waals surface area contributed by atoms with Crippen LogP contribution in [0.2, 0.25) is 0 Å². The molecule has 0 saturated carbocycles. The molecule has 0 bridgehead atoms.